The Hall–Kier alpha value is -1.26. The van der Waals surface area contributed by atoms with Crippen molar-refractivity contribution in [3.8, 4) is 0 Å². The smallest absolute Gasteiger partial charge is 0.136 e. The zero-order valence-electron chi connectivity index (χ0n) is 12.8. The summed E-state index contributed by atoms with van der Waals surface area (Å²) in [6, 6.07) is 4.95. The number of rotatable bonds is 1. The first kappa shape index (κ1) is 14.7. The summed E-state index contributed by atoms with van der Waals surface area (Å²) in [4.78, 5) is 12.0. The van der Waals surface area contributed by atoms with Crippen molar-refractivity contribution in [1.29, 1.82) is 0 Å². The molecule has 112 valence electrons. The van der Waals surface area contributed by atoms with Crippen LogP contribution in [-0.2, 0) is 16.1 Å². The lowest BCUT2D eigenvalue weighted by atomic mass is 9.91. The van der Waals surface area contributed by atoms with E-state index in [0.717, 1.165) is 17.5 Å². The molecule has 1 aromatic rings. The van der Waals surface area contributed by atoms with Gasteiger partial charge in [-0.15, -0.1) is 0 Å². The highest BCUT2D eigenvalue weighted by Gasteiger charge is 2.35. The SMILES string of the molecule is C[Si](C)(C)C1=C2c3ccc(F)cc3COC2CC(=O)CC1. The molecule has 1 aromatic carbocycles. The van der Waals surface area contributed by atoms with Crippen LogP contribution >= 0.6 is 0 Å². The molecule has 0 fully saturated rings. The van der Waals surface area contributed by atoms with Crippen LogP contribution in [0.15, 0.2) is 23.4 Å². The fourth-order valence-corrected chi connectivity index (χ4v) is 5.38. The first-order chi connectivity index (χ1) is 9.86. The number of Topliss-reactive ketones (excluding diaryl/α,β-unsaturated/α-hetero) is 1. The van der Waals surface area contributed by atoms with Crippen molar-refractivity contribution >= 4 is 19.4 Å². The molecule has 1 heterocycles. The number of ether oxygens (including phenoxy) is 1. The van der Waals surface area contributed by atoms with Gasteiger partial charge < -0.3 is 4.74 Å². The van der Waals surface area contributed by atoms with Gasteiger partial charge in [-0.2, -0.15) is 0 Å². The normalized spacial score (nSPS) is 22.7. The topological polar surface area (TPSA) is 26.3 Å². The Morgan fingerprint density at radius 1 is 1.24 bits per heavy atom. The number of halogens is 1. The molecule has 1 atom stereocenters. The standard InChI is InChI=1S/C17H21FO2Si/c1-21(2,3)16-7-5-13(19)9-15-17(16)14-6-4-12(18)8-11(14)10-20-15/h4,6,8,15H,5,7,9-10H2,1-3H3. The summed E-state index contributed by atoms with van der Waals surface area (Å²) in [6.07, 6.45) is 1.76. The van der Waals surface area contributed by atoms with E-state index >= 15 is 0 Å². The van der Waals surface area contributed by atoms with E-state index in [4.69, 9.17) is 4.74 Å². The summed E-state index contributed by atoms with van der Waals surface area (Å²) in [5, 5.41) is 1.41. The Kier molecular flexibility index (Phi) is 3.62. The van der Waals surface area contributed by atoms with Crippen LogP contribution in [-0.4, -0.2) is 20.0 Å². The van der Waals surface area contributed by atoms with Crippen LogP contribution < -0.4 is 0 Å². The monoisotopic (exact) mass is 304 g/mol. The van der Waals surface area contributed by atoms with E-state index in [2.05, 4.69) is 19.6 Å². The van der Waals surface area contributed by atoms with Crippen LogP contribution in [0.25, 0.3) is 5.57 Å². The van der Waals surface area contributed by atoms with Crippen molar-refractivity contribution in [1.82, 2.24) is 0 Å². The molecular weight excluding hydrogens is 283 g/mol. The van der Waals surface area contributed by atoms with Gasteiger partial charge in [0.15, 0.2) is 0 Å². The number of ketones is 1. The van der Waals surface area contributed by atoms with E-state index in [1.807, 2.05) is 6.07 Å². The third-order valence-electron chi connectivity index (χ3n) is 4.42. The fraction of sp³-hybridized carbons (Fsp3) is 0.471. The summed E-state index contributed by atoms with van der Waals surface area (Å²) in [6.45, 7) is 7.31. The third-order valence-corrected chi connectivity index (χ3v) is 6.75. The molecule has 2 aliphatic rings. The van der Waals surface area contributed by atoms with Crippen LogP contribution in [0.5, 0.6) is 0 Å². The van der Waals surface area contributed by atoms with E-state index in [1.54, 1.807) is 6.07 Å². The molecule has 1 aliphatic carbocycles. The molecule has 1 unspecified atom stereocenters. The van der Waals surface area contributed by atoms with Gasteiger partial charge in [-0.1, -0.05) is 30.9 Å². The second-order valence-electron chi connectivity index (χ2n) is 6.99. The Labute approximate surface area is 126 Å². The maximum atomic E-state index is 13.5. The predicted molar refractivity (Wildman–Crippen MR) is 84.1 cm³/mol. The summed E-state index contributed by atoms with van der Waals surface area (Å²) in [5.74, 6) is 0.0481. The molecule has 0 amide bonds. The summed E-state index contributed by atoms with van der Waals surface area (Å²) in [5.41, 5.74) is 3.19. The molecule has 0 bridgehead atoms. The first-order valence-electron chi connectivity index (χ1n) is 7.52. The van der Waals surface area contributed by atoms with Crippen LogP contribution in [0, 0.1) is 5.82 Å². The number of carbonyl (C=O) groups is 1. The number of hydrogen-bond donors (Lipinski definition) is 0. The number of allylic oxidation sites excluding steroid dienone is 1. The lowest BCUT2D eigenvalue weighted by Crippen LogP contribution is -2.30. The second-order valence-corrected chi connectivity index (χ2v) is 12.1. The van der Waals surface area contributed by atoms with E-state index in [-0.39, 0.29) is 17.7 Å². The molecule has 0 radical (unpaired) electrons. The summed E-state index contributed by atoms with van der Waals surface area (Å²) < 4.78 is 19.4. The molecular formula is C17H21FO2Si. The van der Waals surface area contributed by atoms with Crippen LogP contribution in [0.2, 0.25) is 19.6 Å². The number of carbonyl (C=O) groups excluding carboxylic acids is 1. The van der Waals surface area contributed by atoms with E-state index in [0.29, 0.717) is 19.4 Å². The van der Waals surface area contributed by atoms with Crippen molar-refractivity contribution in [2.45, 2.75) is 51.6 Å². The summed E-state index contributed by atoms with van der Waals surface area (Å²) >= 11 is 0. The van der Waals surface area contributed by atoms with Gasteiger partial charge in [0.05, 0.1) is 20.8 Å². The maximum Gasteiger partial charge on any atom is 0.136 e. The maximum absolute atomic E-state index is 13.5. The van der Waals surface area contributed by atoms with Crippen molar-refractivity contribution in [3.63, 3.8) is 0 Å². The van der Waals surface area contributed by atoms with Crippen LogP contribution in [0.3, 0.4) is 0 Å². The highest BCUT2D eigenvalue weighted by molar-refractivity contribution is 6.84. The predicted octanol–water partition coefficient (Wildman–Crippen LogP) is 4.11. The number of benzene rings is 1. The zero-order chi connectivity index (χ0) is 15.2. The largest absolute Gasteiger partial charge is 0.368 e. The zero-order valence-corrected chi connectivity index (χ0v) is 13.8. The second kappa shape index (κ2) is 5.18. The molecule has 0 spiro atoms. The average molecular weight is 304 g/mol. The molecule has 0 N–H and O–H groups in total. The Bertz CT molecular complexity index is 628. The van der Waals surface area contributed by atoms with Gasteiger partial charge in [0.1, 0.15) is 11.6 Å². The average Bonchev–Trinajstić information content (AvgIpc) is 2.56. The molecule has 3 rings (SSSR count). The quantitative estimate of drug-likeness (QED) is 0.730. The van der Waals surface area contributed by atoms with Gasteiger partial charge in [-0.25, -0.2) is 4.39 Å². The van der Waals surface area contributed by atoms with E-state index in [1.165, 1.54) is 16.8 Å². The lowest BCUT2D eigenvalue weighted by Gasteiger charge is -2.32. The molecule has 1 aliphatic heterocycles. The van der Waals surface area contributed by atoms with Gasteiger partial charge in [0, 0.05) is 12.8 Å². The highest BCUT2D eigenvalue weighted by Crippen LogP contribution is 2.41. The van der Waals surface area contributed by atoms with Gasteiger partial charge in [-0.3, -0.25) is 4.79 Å². The summed E-state index contributed by atoms with van der Waals surface area (Å²) in [7, 11) is -1.55. The van der Waals surface area contributed by atoms with Crippen LogP contribution in [0.1, 0.15) is 30.4 Å². The Balaban J connectivity index is 2.21. The van der Waals surface area contributed by atoms with Crippen molar-refractivity contribution in [2.75, 3.05) is 0 Å². The number of fused-ring (bicyclic) bond motifs is 3. The highest BCUT2D eigenvalue weighted by atomic mass is 28.3. The first-order valence-corrected chi connectivity index (χ1v) is 11.0. The van der Waals surface area contributed by atoms with E-state index in [9.17, 15) is 9.18 Å². The minimum Gasteiger partial charge on any atom is -0.368 e. The molecule has 4 heteroatoms. The van der Waals surface area contributed by atoms with Gasteiger partial charge in [0.2, 0.25) is 0 Å². The third kappa shape index (κ3) is 2.74. The molecule has 0 saturated carbocycles. The van der Waals surface area contributed by atoms with Gasteiger partial charge in [0.25, 0.3) is 0 Å². The van der Waals surface area contributed by atoms with Crippen molar-refractivity contribution < 1.29 is 13.9 Å². The number of hydrogen-bond acceptors (Lipinski definition) is 2. The van der Waals surface area contributed by atoms with Crippen molar-refractivity contribution in [3.05, 3.63) is 40.3 Å². The minimum absolute atomic E-state index is 0.139. The van der Waals surface area contributed by atoms with E-state index < -0.39 is 8.07 Å². The Morgan fingerprint density at radius 2 is 2.00 bits per heavy atom. The van der Waals surface area contributed by atoms with Crippen molar-refractivity contribution in [2.24, 2.45) is 0 Å². The minimum atomic E-state index is -1.55. The molecule has 21 heavy (non-hydrogen) atoms. The Morgan fingerprint density at radius 3 is 2.71 bits per heavy atom. The fourth-order valence-electron chi connectivity index (χ4n) is 3.40. The molecule has 0 aromatic heterocycles. The molecule has 2 nitrogen and oxygen atoms in total. The van der Waals surface area contributed by atoms with Crippen LogP contribution in [0.4, 0.5) is 4.39 Å². The molecule has 0 saturated heterocycles. The van der Waals surface area contributed by atoms with Gasteiger partial charge in [-0.05, 0) is 35.3 Å². The lowest BCUT2D eigenvalue weighted by molar-refractivity contribution is -0.121. The van der Waals surface area contributed by atoms with Gasteiger partial charge >= 0.3 is 0 Å².